The molecule has 0 bridgehead atoms. The van der Waals surface area contributed by atoms with Gasteiger partial charge in [-0.1, -0.05) is 41.3 Å². The maximum atomic E-state index is 13.2. The Morgan fingerprint density at radius 1 is 1.19 bits per heavy atom. The Labute approximate surface area is 189 Å². The Balaban J connectivity index is 1.77. The Hall–Kier alpha value is -3.12. The van der Waals surface area contributed by atoms with Gasteiger partial charge >= 0.3 is 16.8 Å². The summed E-state index contributed by atoms with van der Waals surface area (Å²) >= 11 is 1.98. The number of carboxylic acid groups (broad SMARTS) is 1. The minimum atomic E-state index is -1.30. The first-order valence-electron chi connectivity index (χ1n) is 9.65. The molecule has 2 aromatic rings. The highest BCUT2D eigenvalue weighted by molar-refractivity contribution is 8.00. The van der Waals surface area contributed by atoms with Gasteiger partial charge in [-0.2, -0.15) is 0 Å². The number of thioether (sulfide) groups is 1. The molecule has 0 saturated carbocycles. The van der Waals surface area contributed by atoms with Gasteiger partial charge in [0.25, 0.3) is 0 Å². The fourth-order valence-electron chi connectivity index (χ4n) is 3.91. The van der Waals surface area contributed by atoms with E-state index in [0.717, 1.165) is 28.0 Å². The molecule has 2 aliphatic heterocycles. The van der Waals surface area contributed by atoms with Crippen LogP contribution >= 0.6 is 23.1 Å². The quantitative estimate of drug-likeness (QED) is 0.441. The van der Waals surface area contributed by atoms with E-state index in [2.05, 4.69) is 4.98 Å². The summed E-state index contributed by atoms with van der Waals surface area (Å²) in [7, 11) is 0. The van der Waals surface area contributed by atoms with Crippen molar-refractivity contribution in [3.63, 3.8) is 0 Å². The molecule has 1 aromatic heterocycles. The van der Waals surface area contributed by atoms with E-state index in [1.165, 1.54) is 0 Å². The fourth-order valence-corrected chi connectivity index (χ4v) is 6.44. The number of fused-ring (bicyclic) bond motifs is 2. The van der Waals surface area contributed by atoms with Gasteiger partial charge in [-0.25, -0.2) is 4.79 Å². The molecule has 2 N–H and O–H groups in total. The van der Waals surface area contributed by atoms with Crippen LogP contribution in [-0.2, 0) is 23.9 Å². The van der Waals surface area contributed by atoms with E-state index in [9.17, 15) is 24.0 Å². The highest BCUT2D eigenvalue weighted by Gasteiger charge is 2.56. The van der Waals surface area contributed by atoms with E-state index in [-0.39, 0.29) is 18.1 Å². The summed E-state index contributed by atoms with van der Waals surface area (Å²) in [6, 6.07) is 6.73. The highest BCUT2D eigenvalue weighted by atomic mass is 32.2. The average Bonchev–Trinajstić information content (AvgIpc) is 3.23. The number of likely N-dealkylation sites (tertiary alicyclic amines) is 1. The van der Waals surface area contributed by atoms with Crippen LogP contribution in [0.4, 0.5) is 0 Å². The van der Waals surface area contributed by atoms with E-state index < -0.39 is 47.4 Å². The number of aromatic nitrogens is 1. The monoisotopic (exact) mass is 478 g/mol. The summed E-state index contributed by atoms with van der Waals surface area (Å²) in [4.78, 5) is 64.8. The normalized spacial score (nSPS) is 21.8. The molecular formula is C20H18N2O8S2. The van der Waals surface area contributed by atoms with Gasteiger partial charge in [-0.3, -0.25) is 24.1 Å². The molecule has 0 spiro atoms. The zero-order valence-corrected chi connectivity index (χ0v) is 18.4. The molecular weight excluding hydrogens is 460 g/mol. The number of nitrogens with zero attached hydrogens (tertiary/aromatic N) is 1. The molecule has 0 unspecified atom stereocenters. The first-order valence-corrected chi connectivity index (χ1v) is 11.4. The van der Waals surface area contributed by atoms with Crippen molar-refractivity contribution < 1.29 is 33.8 Å². The summed E-state index contributed by atoms with van der Waals surface area (Å²) in [6.45, 7) is 0.786. The summed E-state index contributed by atoms with van der Waals surface area (Å²) in [5, 5.41) is 8.72. The summed E-state index contributed by atoms with van der Waals surface area (Å²) in [5.74, 6) is -4.43. The molecule has 3 heterocycles. The number of carboxylic acids is 1. The van der Waals surface area contributed by atoms with Crippen LogP contribution in [0, 0.1) is 5.92 Å². The van der Waals surface area contributed by atoms with Crippen molar-refractivity contribution in [3.05, 3.63) is 44.4 Å². The molecule has 0 aliphatic carbocycles. The minimum Gasteiger partial charge on any atom is -0.482 e. The summed E-state index contributed by atoms with van der Waals surface area (Å²) in [5.41, 5.74) is 0.516. The van der Waals surface area contributed by atoms with Crippen LogP contribution in [0.2, 0.25) is 0 Å². The predicted molar refractivity (Wildman–Crippen MR) is 113 cm³/mol. The lowest BCUT2D eigenvalue weighted by molar-refractivity contribution is -0.149. The van der Waals surface area contributed by atoms with E-state index in [1.54, 1.807) is 31.2 Å². The standard InChI is InChI=1S/C20H18N2O8S2/c1-2-29-12(25)8-30-10-6-4-3-5-9(10)13-14-16(31-17-15(13)32-20(28)21-17)19(27)22(18(14)26)7-11(23)24/h3-6,13-14,16H,2,7-8H2,1H3,(H,21,28)(H,23,24)/t13-,14+,16-/m0/s1. The Kier molecular flexibility index (Phi) is 6.07. The van der Waals surface area contributed by atoms with Gasteiger partial charge in [0.05, 0.1) is 17.6 Å². The zero-order chi connectivity index (χ0) is 23.0. The minimum absolute atomic E-state index is 0.199. The third-order valence-corrected chi connectivity index (χ3v) is 7.51. The maximum Gasteiger partial charge on any atom is 0.344 e. The van der Waals surface area contributed by atoms with Gasteiger partial charge in [-0.15, -0.1) is 0 Å². The largest absolute Gasteiger partial charge is 0.482 e. The number of aromatic amines is 1. The van der Waals surface area contributed by atoms with Crippen molar-refractivity contribution in [1.82, 2.24) is 9.88 Å². The smallest absolute Gasteiger partial charge is 0.344 e. The molecule has 12 heteroatoms. The van der Waals surface area contributed by atoms with Crippen molar-refractivity contribution >= 4 is 46.9 Å². The van der Waals surface area contributed by atoms with Crippen molar-refractivity contribution in [2.75, 3.05) is 19.8 Å². The van der Waals surface area contributed by atoms with Gasteiger partial charge in [0.1, 0.15) is 17.5 Å². The SMILES string of the molecule is CCOC(=O)COc1ccccc1[C@@H]1c2sc(=O)[nH]c2S[C@@H]2C(=O)N(CC(=O)O)C(=O)[C@H]12. The van der Waals surface area contributed by atoms with Gasteiger partial charge in [0.2, 0.25) is 11.8 Å². The number of aliphatic carboxylic acids is 1. The average molecular weight is 479 g/mol. The number of amides is 2. The Morgan fingerprint density at radius 3 is 2.66 bits per heavy atom. The Bertz CT molecular complexity index is 1160. The molecule has 1 aromatic carbocycles. The van der Waals surface area contributed by atoms with Crippen molar-refractivity contribution in [2.45, 2.75) is 23.1 Å². The maximum absolute atomic E-state index is 13.2. The van der Waals surface area contributed by atoms with Crippen LogP contribution in [-0.4, -0.2) is 63.8 Å². The number of hydrogen-bond acceptors (Lipinski definition) is 9. The lowest BCUT2D eigenvalue weighted by atomic mass is 9.82. The number of hydrogen-bond donors (Lipinski definition) is 2. The van der Waals surface area contributed by atoms with Crippen LogP contribution < -0.4 is 9.61 Å². The van der Waals surface area contributed by atoms with E-state index in [0.29, 0.717) is 21.2 Å². The van der Waals surface area contributed by atoms with E-state index in [1.807, 2.05) is 0 Å². The third kappa shape index (κ3) is 3.91. The van der Waals surface area contributed by atoms with Crippen LogP contribution in [0.25, 0.3) is 0 Å². The summed E-state index contributed by atoms with van der Waals surface area (Å²) < 4.78 is 10.5. The van der Waals surface area contributed by atoms with E-state index in [4.69, 9.17) is 14.6 Å². The van der Waals surface area contributed by atoms with Crippen molar-refractivity contribution in [2.24, 2.45) is 5.92 Å². The van der Waals surface area contributed by atoms with Crippen molar-refractivity contribution in [3.8, 4) is 5.75 Å². The van der Waals surface area contributed by atoms with Crippen molar-refractivity contribution in [1.29, 1.82) is 0 Å². The molecule has 4 rings (SSSR count). The summed E-state index contributed by atoms with van der Waals surface area (Å²) in [6.07, 6.45) is 0. The van der Waals surface area contributed by atoms with Gasteiger partial charge in [0, 0.05) is 16.4 Å². The van der Waals surface area contributed by atoms with Gasteiger partial charge < -0.3 is 19.6 Å². The molecule has 32 heavy (non-hydrogen) atoms. The zero-order valence-electron chi connectivity index (χ0n) is 16.7. The second kappa shape index (κ2) is 8.79. The van der Waals surface area contributed by atoms with E-state index >= 15 is 0 Å². The molecule has 3 atom stereocenters. The first-order chi connectivity index (χ1) is 15.3. The molecule has 0 radical (unpaired) electrons. The number of H-pyrrole nitrogens is 1. The van der Waals surface area contributed by atoms with Crippen LogP contribution in [0.3, 0.4) is 0 Å². The molecule has 2 aliphatic rings. The molecule has 1 fully saturated rings. The van der Waals surface area contributed by atoms with Gasteiger partial charge in [-0.05, 0) is 13.0 Å². The molecule has 2 amide bonds. The highest BCUT2D eigenvalue weighted by Crippen LogP contribution is 2.53. The number of thiazole rings is 1. The molecule has 168 valence electrons. The number of nitrogens with one attached hydrogen (secondary N) is 1. The molecule has 10 nitrogen and oxygen atoms in total. The second-order valence-corrected chi connectivity index (χ2v) is 9.20. The molecule has 1 saturated heterocycles. The lowest BCUT2D eigenvalue weighted by Crippen LogP contribution is -2.36. The first kappa shape index (κ1) is 22.1. The van der Waals surface area contributed by atoms with Gasteiger partial charge in [0.15, 0.2) is 6.61 Å². The number of carbonyl (C=O) groups is 4. The van der Waals surface area contributed by atoms with Crippen LogP contribution in [0.5, 0.6) is 5.75 Å². The second-order valence-electron chi connectivity index (χ2n) is 7.04. The number of para-hydroxylation sites is 1. The number of imide groups is 1. The Morgan fingerprint density at radius 2 is 1.94 bits per heavy atom. The fraction of sp³-hybridized carbons (Fsp3) is 0.350. The predicted octanol–water partition coefficient (Wildman–Crippen LogP) is 1.05. The third-order valence-electron chi connectivity index (χ3n) is 5.11. The van der Waals surface area contributed by atoms with Crippen LogP contribution in [0.15, 0.2) is 34.1 Å². The number of ether oxygens (including phenoxy) is 2. The number of esters is 1. The number of carbonyl (C=O) groups excluding carboxylic acids is 3. The topological polar surface area (TPSA) is 143 Å². The number of benzene rings is 1. The number of rotatable bonds is 7. The lowest BCUT2D eigenvalue weighted by Gasteiger charge is -2.30. The van der Waals surface area contributed by atoms with Crippen LogP contribution in [0.1, 0.15) is 23.3 Å².